The van der Waals surface area contributed by atoms with Crippen molar-refractivity contribution in [3.8, 4) is 78.7 Å². The van der Waals surface area contributed by atoms with Crippen LogP contribution in [0.5, 0.6) is 0 Å². The van der Waals surface area contributed by atoms with Crippen molar-refractivity contribution in [2.24, 2.45) is 0 Å². The molecular weight excluding hydrogens is 707 g/mol. The van der Waals surface area contributed by atoms with Gasteiger partial charge in [-0.3, -0.25) is 0 Å². The minimum absolute atomic E-state index is 0.0881. The Balaban J connectivity index is 1.13. The van der Waals surface area contributed by atoms with Crippen LogP contribution in [0.15, 0.2) is 192 Å². The molecule has 8 aromatic carbocycles. The van der Waals surface area contributed by atoms with Crippen LogP contribution < -0.4 is 0 Å². The van der Waals surface area contributed by atoms with Crippen molar-refractivity contribution < 1.29 is 4.42 Å². The molecule has 0 fully saturated rings. The van der Waals surface area contributed by atoms with Gasteiger partial charge in [-0.25, -0.2) is 15.0 Å². The number of nitrogens with zero attached hydrogens (tertiary/aromatic N) is 3. The molecule has 0 saturated heterocycles. The fourth-order valence-electron chi connectivity index (χ4n) is 8.91. The predicted octanol–water partition coefficient (Wildman–Crippen LogP) is 14.1. The largest absolute Gasteiger partial charge is 0.455 e. The molecule has 4 nitrogen and oxygen atoms in total. The molecule has 274 valence electrons. The zero-order valence-corrected chi connectivity index (χ0v) is 32.1. The molecular formula is C54H37N3O. The molecule has 10 aromatic rings. The Labute approximate surface area is 337 Å². The van der Waals surface area contributed by atoms with Crippen LogP contribution in [0, 0.1) is 0 Å². The Morgan fingerprint density at radius 3 is 1.71 bits per heavy atom. The van der Waals surface area contributed by atoms with Gasteiger partial charge >= 0.3 is 0 Å². The Morgan fingerprint density at radius 2 is 0.931 bits per heavy atom. The number of rotatable bonds is 6. The quantitative estimate of drug-likeness (QED) is 0.170. The van der Waals surface area contributed by atoms with E-state index in [2.05, 4.69) is 166 Å². The van der Waals surface area contributed by atoms with Crippen LogP contribution >= 0.6 is 0 Å². The van der Waals surface area contributed by atoms with Gasteiger partial charge in [-0.1, -0.05) is 178 Å². The third-order valence-corrected chi connectivity index (χ3v) is 11.7. The molecule has 4 heteroatoms. The molecule has 11 rings (SSSR count). The summed E-state index contributed by atoms with van der Waals surface area (Å²) in [5.41, 5.74) is 16.2. The van der Waals surface area contributed by atoms with E-state index in [1.54, 1.807) is 0 Å². The molecule has 0 saturated carbocycles. The van der Waals surface area contributed by atoms with Gasteiger partial charge in [0.2, 0.25) is 0 Å². The maximum absolute atomic E-state index is 6.79. The molecule has 58 heavy (non-hydrogen) atoms. The lowest BCUT2D eigenvalue weighted by atomic mass is 9.82. The standard InChI is InChI=1S/C54H37N3O/c1-54(2)45-28-13-12-25-41(45)48-40(26-15-29-46(48)54)37-23-14-24-38(31-37)52-55-51(36-21-10-5-11-22-36)56-53(57-52)42-27-16-30-47-49(42)44-33-39(34-17-6-3-7-18-34)32-43(50(44)58-47)35-19-8-4-9-20-35/h3-33H,1-2H3. The average Bonchev–Trinajstić information content (AvgIpc) is 3.79. The van der Waals surface area contributed by atoms with Crippen molar-refractivity contribution in [1.29, 1.82) is 0 Å². The molecule has 2 heterocycles. The van der Waals surface area contributed by atoms with Crippen molar-refractivity contribution >= 4 is 21.9 Å². The highest BCUT2D eigenvalue weighted by atomic mass is 16.3. The number of hydrogen-bond donors (Lipinski definition) is 0. The summed E-state index contributed by atoms with van der Waals surface area (Å²) in [5, 5.41) is 1.98. The van der Waals surface area contributed by atoms with Gasteiger partial charge in [-0.2, -0.15) is 0 Å². The van der Waals surface area contributed by atoms with E-state index in [1.807, 2.05) is 36.4 Å². The maximum atomic E-state index is 6.79. The number of aromatic nitrogens is 3. The second kappa shape index (κ2) is 13.4. The van der Waals surface area contributed by atoms with Gasteiger partial charge in [0.1, 0.15) is 11.2 Å². The van der Waals surface area contributed by atoms with E-state index in [1.165, 1.54) is 27.8 Å². The molecule has 0 radical (unpaired) electrons. The molecule has 0 spiro atoms. The lowest BCUT2D eigenvalue weighted by Gasteiger charge is -2.21. The van der Waals surface area contributed by atoms with Gasteiger partial charge < -0.3 is 4.42 Å². The summed E-state index contributed by atoms with van der Waals surface area (Å²) in [5.74, 6) is 1.81. The molecule has 2 aromatic heterocycles. The number of fused-ring (bicyclic) bond motifs is 6. The minimum atomic E-state index is -0.0881. The van der Waals surface area contributed by atoms with Gasteiger partial charge in [0.15, 0.2) is 17.5 Å². The first-order valence-corrected chi connectivity index (χ1v) is 19.8. The molecule has 1 aliphatic carbocycles. The van der Waals surface area contributed by atoms with Crippen molar-refractivity contribution in [2.75, 3.05) is 0 Å². The van der Waals surface area contributed by atoms with E-state index in [9.17, 15) is 0 Å². The Kier molecular flexibility index (Phi) is 7.80. The van der Waals surface area contributed by atoms with Crippen molar-refractivity contribution in [2.45, 2.75) is 19.3 Å². The topological polar surface area (TPSA) is 51.8 Å². The van der Waals surface area contributed by atoms with Gasteiger partial charge in [-0.05, 0) is 74.3 Å². The summed E-state index contributed by atoms with van der Waals surface area (Å²) >= 11 is 0. The summed E-state index contributed by atoms with van der Waals surface area (Å²) in [7, 11) is 0. The van der Waals surface area contributed by atoms with E-state index < -0.39 is 0 Å². The summed E-state index contributed by atoms with van der Waals surface area (Å²) in [6.07, 6.45) is 0. The zero-order chi connectivity index (χ0) is 38.8. The molecule has 0 aliphatic heterocycles. The highest BCUT2D eigenvalue weighted by Gasteiger charge is 2.36. The minimum Gasteiger partial charge on any atom is -0.455 e. The second-order valence-corrected chi connectivity index (χ2v) is 15.6. The first-order chi connectivity index (χ1) is 28.5. The van der Waals surface area contributed by atoms with E-state index in [4.69, 9.17) is 19.4 Å². The lowest BCUT2D eigenvalue weighted by molar-refractivity contribution is 0.660. The van der Waals surface area contributed by atoms with E-state index in [0.717, 1.165) is 66.4 Å². The monoisotopic (exact) mass is 743 g/mol. The summed E-state index contributed by atoms with van der Waals surface area (Å²) in [6.45, 7) is 4.65. The number of hydrogen-bond acceptors (Lipinski definition) is 4. The van der Waals surface area contributed by atoms with Gasteiger partial charge in [0.05, 0.1) is 0 Å². The van der Waals surface area contributed by atoms with Crippen molar-refractivity contribution in [1.82, 2.24) is 15.0 Å². The van der Waals surface area contributed by atoms with Gasteiger partial charge in [0, 0.05) is 38.4 Å². The summed E-state index contributed by atoms with van der Waals surface area (Å²) in [4.78, 5) is 15.7. The molecule has 0 atom stereocenters. The van der Waals surface area contributed by atoms with E-state index >= 15 is 0 Å². The fraction of sp³-hybridized carbons (Fsp3) is 0.0556. The van der Waals surface area contributed by atoms with Crippen LogP contribution in [-0.4, -0.2) is 15.0 Å². The SMILES string of the molecule is CC1(C)c2ccccc2-c2c(-c3cccc(-c4nc(-c5ccccc5)nc(-c5cccc6oc7c(-c8ccccc8)cc(-c8ccccc8)cc7c56)n4)c3)cccc21. The highest BCUT2D eigenvalue weighted by molar-refractivity contribution is 6.16. The highest BCUT2D eigenvalue weighted by Crippen LogP contribution is 2.52. The molecule has 1 aliphatic rings. The zero-order valence-electron chi connectivity index (χ0n) is 32.1. The smallest absolute Gasteiger partial charge is 0.164 e. The third-order valence-electron chi connectivity index (χ3n) is 11.7. The number of benzene rings is 8. The van der Waals surface area contributed by atoms with Crippen LogP contribution in [0.3, 0.4) is 0 Å². The average molecular weight is 744 g/mol. The third kappa shape index (κ3) is 5.48. The lowest BCUT2D eigenvalue weighted by Crippen LogP contribution is -2.14. The normalized spacial score (nSPS) is 12.8. The van der Waals surface area contributed by atoms with Gasteiger partial charge in [-0.15, -0.1) is 0 Å². The molecule has 0 unspecified atom stereocenters. The summed E-state index contributed by atoms with van der Waals surface area (Å²) in [6, 6.07) is 65.9. The predicted molar refractivity (Wildman–Crippen MR) is 237 cm³/mol. The Bertz CT molecular complexity index is 3180. The van der Waals surface area contributed by atoms with Crippen LogP contribution in [0.2, 0.25) is 0 Å². The number of furan rings is 1. The maximum Gasteiger partial charge on any atom is 0.164 e. The molecule has 0 bridgehead atoms. The van der Waals surface area contributed by atoms with E-state index in [0.29, 0.717) is 17.5 Å². The Morgan fingerprint density at radius 1 is 0.379 bits per heavy atom. The van der Waals surface area contributed by atoms with Crippen molar-refractivity contribution in [3.63, 3.8) is 0 Å². The first-order valence-electron chi connectivity index (χ1n) is 19.8. The fourth-order valence-corrected chi connectivity index (χ4v) is 8.91. The van der Waals surface area contributed by atoms with Crippen LogP contribution in [0.25, 0.3) is 101 Å². The summed E-state index contributed by atoms with van der Waals surface area (Å²) < 4.78 is 6.79. The second-order valence-electron chi connectivity index (χ2n) is 15.6. The molecule has 0 amide bonds. The molecule has 0 N–H and O–H groups in total. The van der Waals surface area contributed by atoms with Crippen LogP contribution in [0.4, 0.5) is 0 Å². The van der Waals surface area contributed by atoms with Crippen molar-refractivity contribution in [3.05, 3.63) is 199 Å². The van der Waals surface area contributed by atoms with Gasteiger partial charge in [0.25, 0.3) is 0 Å². The van der Waals surface area contributed by atoms with E-state index in [-0.39, 0.29) is 5.41 Å². The Hall–Kier alpha value is -7.43. The van der Waals surface area contributed by atoms with Crippen LogP contribution in [0.1, 0.15) is 25.0 Å². The first kappa shape index (κ1) is 33.9. The van der Waals surface area contributed by atoms with Crippen LogP contribution in [-0.2, 0) is 5.41 Å².